The molecule has 12 heteroatoms. The molecule has 178 valence electrons. The Labute approximate surface area is 213 Å². The number of hydrogen-bond acceptors (Lipinski definition) is 12. The summed E-state index contributed by atoms with van der Waals surface area (Å²) in [6.07, 6.45) is -1.50. The van der Waals surface area contributed by atoms with Gasteiger partial charge in [0.1, 0.15) is 33.9 Å². The number of hydrogen-bond donors (Lipinski definition) is 2. The molecule has 2 N–H and O–H groups in total. The highest BCUT2D eigenvalue weighted by Gasteiger charge is 2.26. The molecule has 0 radical (unpaired) electrons. The van der Waals surface area contributed by atoms with E-state index in [2.05, 4.69) is 0 Å². The van der Waals surface area contributed by atoms with Crippen LogP contribution in [-0.4, -0.2) is 89.5 Å². The molecule has 0 saturated carbocycles. The highest BCUT2D eigenvalue weighted by Crippen LogP contribution is 2.36. The standard InChI is InChI=1S/C20H26O6S6/c21-13(11-31-17(23)19-27-4-5-28-19)9-25-15-2-1-3-16(8-15)26-10-14(22)12-32-18(24)20-29-6-7-30-20/h1-3,8,13-14,19-22H,4-7,9-12H2. The summed E-state index contributed by atoms with van der Waals surface area (Å²) < 4.78 is 11.2. The van der Waals surface area contributed by atoms with Gasteiger partial charge in [-0.15, -0.1) is 47.0 Å². The topological polar surface area (TPSA) is 93.1 Å². The van der Waals surface area contributed by atoms with Crippen molar-refractivity contribution in [3.8, 4) is 11.5 Å². The zero-order chi connectivity index (χ0) is 22.8. The van der Waals surface area contributed by atoms with Gasteiger partial charge in [0.2, 0.25) is 10.2 Å². The van der Waals surface area contributed by atoms with E-state index in [0.717, 1.165) is 46.5 Å². The first kappa shape index (κ1) is 26.8. The number of aliphatic hydroxyl groups is 2. The van der Waals surface area contributed by atoms with Crippen LogP contribution < -0.4 is 9.47 Å². The third-order valence-corrected chi connectivity index (χ3v) is 12.9. The van der Waals surface area contributed by atoms with E-state index in [0.29, 0.717) is 23.0 Å². The first-order valence-corrected chi connectivity index (χ1v) is 16.2. The summed E-state index contributed by atoms with van der Waals surface area (Å²) in [6, 6.07) is 6.97. The third kappa shape index (κ3) is 9.44. The molecule has 2 aliphatic rings. The van der Waals surface area contributed by atoms with E-state index in [-0.39, 0.29) is 32.6 Å². The second-order valence-electron chi connectivity index (χ2n) is 6.81. The zero-order valence-electron chi connectivity index (χ0n) is 17.3. The minimum atomic E-state index is -0.752. The molecule has 2 aliphatic heterocycles. The largest absolute Gasteiger partial charge is 0.491 e. The lowest BCUT2D eigenvalue weighted by Gasteiger charge is -2.15. The monoisotopic (exact) mass is 554 g/mol. The summed E-state index contributed by atoms with van der Waals surface area (Å²) in [4.78, 5) is 24.1. The molecule has 2 saturated heterocycles. The fourth-order valence-electron chi connectivity index (χ4n) is 2.62. The Hall–Kier alpha value is 0.180. The van der Waals surface area contributed by atoms with Crippen molar-refractivity contribution in [1.29, 1.82) is 0 Å². The van der Waals surface area contributed by atoms with Gasteiger partial charge in [-0.2, -0.15) is 0 Å². The van der Waals surface area contributed by atoms with Crippen molar-refractivity contribution in [2.24, 2.45) is 0 Å². The summed E-state index contributed by atoms with van der Waals surface area (Å²) in [7, 11) is 0. The predicted molar refractivity (Wildman–Crippen MR) is 142 cm³/mol. The smallest absolute Gasteiger partial charge is 0.212 e. The lowest BCUT2D eigenvalue weighted by atomic mass is 10.3. The van der Waals surface area contributed by atoms with Crippen molar-refractivity contribution in [1.82, 2.24) is 0 Å². The summed E-state index contributed by atoms with van der Waals surface area (Å²) in [5, 5.41) is 20.4. The maximum absolute atomic E-state index is 12.1. The van der Waals surface area contributed by atoms with Gasteiger partial charge in [-0.1, -0.05) is 29.6 Å². The third-order valence-electron chi connectivity index (χ3n) is 4.15. The summed E-state index contributed by atoms with van der Waals surface area (Å²) >= 11 is 8.94. The predicted octanol–water partition coefficient (Wildman–Crippen LogP) is 3.30. The fraction of sp³-hybridized carbons (Fsp3) is 0.600. The van der Waals surface area contributed by atoms with Crippen LogP contribution in [0.1, 0.15) is 0 Å². The summed E-state index contributed by atoms with van der Waals surface area (Å²) in [6.45, 7) is 0.153. The van der Waals surface area contributed by atoms with Gasteiger partial charge in [0.15, 0.2) is 0 Å². The first-order valence-electron chi connectivity index (χ1n) is 10.0. The molecule has 6 nitrogen and oxygen atoms in total. The van der Waals surface area contributed by atoms with Crippen LogP contribution >= 0.6 is 70.6 Å². The Morgan fingerprint density at radius 1 is 0.844 bits per heavy atom. The van der Waals surface area contributed by atoms with Gasteiger partial charge in [0, 0.05) is 40.6 Å². The van der Waals surface area contributed by atoms with Crippen LogP contribution in [0.2, 0.25) is 0 Å². The Balaban J connectivity index is 1.32. The molecule has 0 aromatic heterocycles. The summed E-state index contributed by atoms with van der Waals surface area (Å²) in [5.41, 5.74) is 0. The quantitative estimate of drug-likeness (QED) is 0.397. The maximum Gasteiger partial charge on any atom is 0.212 e. The molecule has 0 amide bonds. The Morgan fingerprint density at radius 3 is 1.66 bits per heavy atom. The molecule has 32 heavy (non-hydrogen) atoms. The van der Waals surface area contributed by atoms with Crippen molar-refractivity contribution < 1.29 is 29.3 Å². The number of thioether (sulfide) groups is 6. The van der Waals surface area contributed by atoms with E-state index in [9.17, 15) is 19.8 Å². The van der Waals surface area contributed by atoms with Crippen molar-refractivity contribution >= 4 is 80.8 Å². The van der Waals surface area contributed by atoms with E-state index in [1.165, 1.54) is 0 Å². The first-order chi connectivity index (χ1) is 15.5. The molecule has 2 unspecified atom stereocenters. The molecular weight excluding hydrogens is 529 g/mol. The Kier molecular flexibility index (Phi) is 12.2. The average molecular weight is 555 g/mol. The number of ether oxygens (including phenoxy) is 2. The van der Waals surface area contributed by atoms with Crippen molar-refractivity contribution in [3.05, 3.63) is 24.3 Å². The minimum Gasteiger partial charge on any atom is -0.491 e. The molecule has 1 aromatic carbocycles. The van der Waals surface area contributed by atoms with E-state index in [1.807, 2.05) is 0 Å². The normalized spacial score (nSPS) is 19.1. The minimum absolute atomic E-state index is 0.0192. The van der Waals surface area contributed by atoms with Crippen molar-refractivity contribution in [3.63, 3.8) is 0 Å². The SMILES string of the molecule is O=C(SCC(O)COc1cccc(OCC(O)CSC(=O)C2SCCS2)c1)C1SCCS1. The van der Waals surface area contributed by atoms with E-state index >= 15 is 0 Å². The molecule has 0 bridgehead atoms. The van der Waals surface area contributed by atoms with Gasteiger partial charge in [-0.05, 0) is 12.1 Å². The van der Waals surface area contributed by atoms with Crippen LogP contribution in [0.5, 0.6) is 11.5 Å². The lowest BCUT2D eigenvalue weighted by molar-refractivity contribution is -0.110. The molecular formula is C20H26O6S6. The average Bonchev–Trinajstić information content (AvgIpc) is 3.53. The van der Waals surface area contributed by atoms with E-state index in [4.69, 9.17) is 9.47 Å². The van der Waals surface area contributed by atoms with Gasteiger partial charge in [0.05, 0.1) is 12.2 Å². The van der Waals surface area contributed by atoms with Crippen LogP contribution in [0.4, 0.5) is 0 Å². The number of carbonyl (C=O) groups is 2. The maximum atomic E-state index is 12.1. The molecule has 2 heterocycles. The molecule has 0 spiro atoms. The fourth-order valence-corrected chi connectivity index (χ4v) is 10.3. The van der Waals surface area contributed by atoms with Crippen LogP contribution in [0.25, 0.3) is 0 Å². The van der Waals surface area contributed by atoms with E-state index in [1.54, 1.807) is 71.3 Å². The van der Waals surface area contributed by atoms with Gasteiger partial charge in [0.25, 0.3) is 0 Å². The van der Waals surface area contributed by atoms with Crippen LogP contribution in [0.15, 0.2) is 24.3 Å². The summed E-state index contributed by atoms with van der Waals surface area (Å²) in [5.74, 6) is 5.66. The Bertz CT molecular complexity index is 684. The second kappa shape index (κ2) is 14.6. The van der Waals surface area contributed by atoms with Crippen LogP contribution in [0, 0.1) is 0 Å². The van der Waals surface area contributed by atoms with Crippen LogP contribution in [-0.2, 0) is 9.59 Å². The molecule has 2 fully saturated rings. The molecule has 0 aliphatic carbocycles. The molecule has 2 atom stereocenters. The number of aliphatic hydroxyl groups excluding tert-OH is 2. The molecule has 1 aromatic rings. The highest BCUT2D eigenvalue weighted by molar-refractivity contribution is 8.26. The lowest BCUT2D eigenvalue weighted by Crippen LogP contribution is -2.22. The highest BCUT2D eigenvalue weighted by atomic mass is 32.2. The number of rotatable bonds is 12. The zero-order valence-corrected chi connectivity index (χ0v) is 22.2. The van der Waals surface area contributed by atoms with Crippen molar-refractivity contribution in [2.45, 2.75) is 21.4 Å². The van der Waals surface area contributed by atoms with Gasteiger partial charge in [-0.25, -0.2) is 0 Å². The Morgan fingerprint density at radius 2 is 1.25 bits per heavy atom. The van der Waals surface area contributed by atoms with Crippen LogP contribution in [0.3, 0.4) is 0 Å². The van der Waals surface area contributed by atoms with E-state index < -0.39 is 12.2 Å². The molecule has 3 rings (SSSR count). The van der Waals surface area contributed by atoms with Gasteiger partial charge < -0.3 is 19.7 Å². The van der Waals surface area contributed by atoms with Gasteiger partial charge in [-0.3, -0.25) is 9.59 Å². The van der Waals surface area contributed by atoms with Gasteiger partial charge >= 0.3 is 0 Å². The number of benzene rings is 1. The number of carbonyl (C=O) groups excluding carboxylic acids is 2. The van der Waals surface area contributed by atoms with Crippen molar-refractivity contribution in [2.75, 3.05) is 47.7 Å². The second-order valence-corrected chi connectivity index (χ2v) is 14.3.